The number of amides is 3. The highest BCUT2D eigenvalue weighted by Crippen LogP contribution is 2.34. The average Bonchev–Trinajstić information content (AvgIpc) is 3.58. The van der Waals surface area contributed by atoms with Gasteiger partial charge in [0, 0.05) is 27.9 Å². The molecule has 1 aliphatic heterocycles. The van der Waals surface area contributed by atoms with Gasteiger partial charge in [0.15, 0.2) is 5.17 Å². The number of nitro groups is 1. The van der Waals surface area contributed by atoms with Crippen molar-refractivity contribution in [2.75, 3.05) is 5.75 Å². The third-order valence-electron chi connectivity index (χ3n) is 7.26. The zero-order chi connectivity index (χ0) is 34.9. The van der Waals surface area contributed by atoms with E-state index in [0.717, 1.165) is 22.9 Å². The Kier molecular flexibility index (Phi) is 11.3. The zero-order valence-electron chi connectivity index (χ0n) is 26.1. The van der Waals surface area contributed by atoms with Gasteiger partial charge in [-0.2, -0.15) is 4.99 Å². The molecule has 1 aromatic heterocycles. The second kappa shape index (κ2) is 16.0. The van der Waals surface area contributed by atoms with Gasteiger partial charge in [0.05, 0.1) is 16.7 Å². The molecule has 0 spiro atoms. The van der Waals surface area contributed by atoms with E-state index < -0.39 is 22.8 Å². The van der Waals surface area contributed by atoms with Crippen molar-refractivity contribution in [2.45, 2.75) is 13.0 Å². The predicted molar refractivity (Wildman–Crippen MR) is 194 cm³/mol. The Labute approximate surface area is 294 Å². The lowest BCUT2D eigenvalue weighted by atomic mass is 9.99. The Hall–Kier alpha value is -5.59. The number of hydrogen-bond acceptors (Lipinski definition) is 7. The fourth-order valence-corrected chi connectivity index (χ4v) is 6.30. The second-order valence-corrected chi connectivity index (χ2v) is 12.2. The molecule has 4 aromatic rings. The summed E-state index contributed by atoms with van der Waals surface area (Å²) < 4.78 is 6.34. The summed E-state index contributed by atoms with van der Waals surface area (Å²) in [4.78, 5) is 56.8. The molecule has 0 radical (unpaired) electrons. The molecule has 0 bridgehead atoms. The standard InChI is InChI=1S/C37H29BrN4O6S/c1-3-5-16-26(4-2)41-36(45)30(22-28-18-20-32(48-28)29-19-17-27(42(46)47)21-31(29)38)35(44)40-37(41)49-23-33(43)39-34(24-12-8-6-9-13-24)25-14-10-7-11-15-25/h3-22,34H,1,23H2,2H3,(H,39,43)/b16-5-,26-4+,30-22-. The first-order valence-electron chi connectivity index (χ1n) is 14.9. The molecule has 0 aliphatic carbocycles. The van der Waals surface area contributed by atoms with Gasteiger partial charge in [0.2, 0.25) is 5.91 Å². The molecule has 3 amide bonds. The largest absolute Gasteiger partial charge is 0.457 e. The molecule has 0 fully saturated rings. The molecule has 0 saturated carbocycles. The second-order valence-electron chi connectivity index (χ2n) is 10.4. The lowest BCUT2D eigenvalue weighted by Gasteiger charge is -2.28. The molecule has 2 heterocycles. The summed E-state index contributed by atoms with van der Waals surface area (Å²) in [6.45, 7) is 5.43. The average molecular weight is 738 g/mol. The number of hydrogen-bond donors (Lipinski definition) is 1. The Morgan fingerprint density at radius 2 is 1.73 bits per heavy atom. The number of carbonyl (C=O) groups excluding carboxylic acids is 3. The molecule has 10 nitrogen and oxygen atoms in total. The summed E-state index contributed by atoms with van der Waals surface area (Å²) >= 11 is 4.30. The molecule has 12 heteroatoms. The monoisotopic (exact) mass is 736 g/mol. The number of aliphatic imine (C=N–C) groups is 1. The number of amidine groups is 1. The summed E-state index contributed by atoms with van der Waals surface area (Å²) in [5.41, 5.74) is 2.41. The van der Waals surface area contributed by atoms with Crippen LogP contribution in [0.3, 0.4) is 0 Å². The number of thioether (sulfide) groups is 1. The first kappa shape index (κ1) is 34.7. The number of nitrogens with zero attached hydrogens (tertiary/aromatic N) is 3. The SMILES string of the molecule is C=C/C=C\C(=C/C)N1C(=O)/C(=C\c2ccc(-c3ccc([N+](=O)[O-])cc3Br)o2)C(=O)N=C1SCC(=O)NC(c1ccccc1)c1ccccc1. The van der Waals surface area contributed by atoms with Crippen LogP contribution in [0.5, 0.6) is 0 Å². The first-order valence-corrected chi connectivity index (χ1v) is 16.7. The zero-order valence-corrected chi connectivity index (χ0v) is 28.5. The van der Waals surface area contributed by atoms with Crippen LogP contribution >= 0.6 is 27.7 Å². The number of furan rings is 1. The number of non-ortho nitro benzene ring substituents is 1. The van der Waals surface area contributed by atoms with Gasteiger partial charge < -0.3 is 9.73 Å². The highest BCUT2D eigenvalue weighted by atomic mass is 79.9. The molecule has 1 aliphatic rings. The van der Waals surface area contributed by atoms with Gasteiger partial charge in [-0.3, -0.25) is 29.4 Å². The maximum atomic E-state index is 14.0. The summed E-state index contributed by atoms with van der Waals surface area (Å²) in [7, 11) is 0. The number of nitro benzene ring substituents is 1. The van der Waals surface area contributed by atoms with Crippen LogP contribution in [-0.4, -0.2) is 38.5 Å². The van der Waals surface area contributed by atoms with E-state index in [1.807, 2.05) is 60.7 Å². The number of nitrogens with one attached hydrogen (secondary N) is 1. The van der Waals surface area contributed by atoms with Crippen molar-refractivity contribution >= 4 is 62.3 Å². The Balaban J connectivity index is 1.41. The van der Waals surface area contributed by atoms with Crippen LogP contribution in [0.1, 0.15) is 29.9 Å². The van der Waals surface area contributed by atoms with Gasteiger partial charge in [0.25, 0.3) is 17.5 Å². The molecular weight excluding hydrogens is 708 g/mol. The number of halogens is 1. The van der Waals surface area contributed by atoms with E-state index in [0.29, 0.717) is 21.5 Å². The summed E-state index contributed by atoms with van der Waals surface area (Å²) in [5, 5.41) is 14.2. The lowest BCUT2D eigenvalue weighted by molar-refractivity contribution is -0.384. The van der Waals surface area contributed by atoms with Gasteiger partial charge in [-0.1, -0.05) is 97.2 Å². The van der Waals surface area contributed by atoms with E-state index in [1.165, 1.54) is 29.2 Å². The molecule has 5 rings (SSSR count). The molecule has 3 aromatic carbocycles. The van der Waals surface area contributed by atoms with Gasteiger partial charge in [-0.25, -0.2) is 0 Å². The van der Waals surface area contributed by atoms with E-state index >= 15 is 0 Å². The van der Waals surface area contributed by atoms with Gasteiger partial charge in [-0.05, 0) is 64.3 Å². The van der Waals surface area contributed by atoms with Crippen LogP contribution in [0.15, 0.2) is 147 Å². The van der Waals surface area contributed by atoms with Crippen molar-refractivity contribution in [1.82, 2.24) is 10.2 Å². The van der Waals surface area contributed by atoms with Gasteiger partial charge in [0.1, 0.15) is 17.1 Å². The fraction of sp³-hybridized carbons (Fsp3) is 0.0811. The van der Waals surface area contributed by atoms with Crippen molar-refractivity contribution in [3.63, 3.8) is 0 Å². The Morgan fingerprint density at radius 1 is 1.06 bits per heavy atom. The highest BCUT2D eigenvalue weighted by Gasteiger charge is 2.35. The smallest absolute Gasteiger partial charge is 0.285 e. The van der Waals surface area contributed by atoms with Crippen molar-refractivity contribution < 1.29 is 23.7 Å². The first-order chi connectivity index (χ1) is 23.7. The molecule has 0 saturated heterocycles. The van der Waals surface area contributed by atoms with E-state index in [-0.39, 0.29) is 33.8 Å². The van der Waals surface area contributed by atoms with E-state index in [1.54, 1.807) is 43.4 Å². The lowest BCUT2D eigenvalue weighted by Crippen LogP contribution is -2.42. The number of rotatable bonds is 11. The number of allylic oxidation sites excluding steroid dienone is 4. The third kappa shape index (κ3) is 8.29. The minimum atomic E-state index is -0.798. The van der Waals surface area contributed by atoms with Crippen molar-refractivity contribution in [1.29, 1.82) is 0 Å². The van der Waals surface area contributed by atoms with E-state index in [2.05, 4.69) is 32.8 Å². The topological polar surface area (TPSA) is 135 Å². The van der Waals surface area contributed by atoms with Gasteiger partial charge >= 0.3 is 0 Å². The summed E-state index contributed by atoms with van der Waals surface area (Å²) in [5.74, 6) is -1.35. The molecular formula is C37H29BrN4O6S. The van der Waals surface area contributed by atoms with Crippen molar-refractivity contribution in [3.8, 4) is 11.3 Å². The number of carbonyl (C=O) groups is 3. The van der Waals surface area contributed by atoms with Crippen LogP contribution in [0.2, 0.25) is 0 Å². The molecule has 246 valence electrons. The normalized spacial score (nSPS) is 14.4. The molecule has 0 atom stereocenters. The van der Waals surface area contributed by atoms with Crippen LogP contribution in [0.4, 0.5) is 5.69 Å². The maximum Gasteiger partial charge on any atom is 0.285 e. The third-order valence-corrected chi connectivity index (χ3v) is 8.85. The summed E-state index contributed by atoms with van der Waals surface area (Å²) in [6, 6.07) is 26.1. The van der Waals surface area contributed by atoms with Crippen LogP contribution in [0.25, 0.3) is 17.4 Å². The van der Waals surface area contributed by atoms with Crippen LogP contribution in [0, 0.1) is 10.1 Å². The minimum absolute atomic E-state index is 0.0371. The quantitative estimate of drug-likeness (QED) is 0.0542. The minimum Gasteiger partial charge on any atom is -0.457 e. The molecule has 0 unspecified atom stereocenters. The predicted octanol–water partition coefficient (Wildman–Crippen LogP) is 8.01. The maximum absolute atomic E-state index is 14.0. The van der Waals surface area contributed by atoms with Gasteiger partial charge in [-0.15, -0.1) is 0 Å². The van der Waals surface area contributed by atoms with Crippen molar-refractivity contribution in [3.05, 3.63) is 165 Å². The Bertz CT molecular complexity index is 2000. The highest BCUT2D eigenvalue weighted by molar-refractivity contribution is 9.10. The number of benzene rings is 3. The van der Waals surface area contributed by atoms with Crippen LogP contribution in [-0.2, 0) is 14.4 Å². The van der Waals surface area contributed by atoms with E-state index in [4.69, 9.17) is 4.42 Å². The summed E-state index contributed by atoms with van der Waals surface area (Å²) in [6.07, 6.45) is 7.81. The van der Waals surface area contributed by atoms with E-state index in [9.17, 15) is 24.5 Å². The van der Waals surface area contributed by atoms with Crippen molar-refractivity contribution in [2.24, 2.45) is 4.99 Å². The molecule has 49 heavy (non-hydrogen) atoms. The Morgan fingerprint density at radius 3 is 2.33 bits per heavy atom. The molecule has 1 N–H and O–H groups in total. The van der Waals surface area contributed by atoms with Crippen LogP contribution < -0.4 is 5.32 Å². The fourth-order valence-electron chi connectivity index (χ4n) is 4.93.